The van der Waals surface area contributed by atoms with Gasteiger partial charge in [-0.3, -0.25) is 5.43 Å². The fourth-order valence-electron chi connectivity index (χ4n) is 2.74. The molecule has 0 aliphatic carbocycles. The average molecular weight is 363 g/mol. The first kappa shape index (κ1) is 17.4. The second kappa shape index (κ2) is 7.63. The molecule has 1 aliphatic heterocycles. The molecule has 2 aromatic carbocycles. The number of hydrogen-bond acceptors (Lipinski definition) is 5. The maximum absolute atomic E-state index is 12.0. The summed E-state index contributed by atoms with van der Waals surface area (Å²) in [6, 6.07) is 10.5. The summed E-state index contributed by atoms with van der Waals surface area (Å²) in [6.45, 7) is 1.24. The van der Waals surface area contributed by atoms with Gasteiger partial charge in [0.05, 0.1) is 14.2 Å². The summed E-state index contributed by atoms with van der Waals surface area (Å²) in [5.41, 5.74) is 5.02. The highest BCUT2D eigenvalue weighted by Crippen LogP contribution is 2.32. The summed E-state index contributed by atoms with van der Waals surface area (Å²) in [5.74, 6) is 1.82. The first-order valence-corrected chi connectivity index (χ1v) is 8.19. The first-order valence-electron chi connectivity index (χ1n) is 7.82. The minimum Gasteiger partial charge on any atom is -0.493 e. The SMILES string of the molecule is COc1cc2c(cc1OC)CN(NC(=O)Oc1ccc(Cl)cc1)CC2. The molecule has 0 saturated heterocycles. The minimum absolute atomic E-state index is 0.436. The van der Waals surface area contributed by atoms with E-state index in [2.05, 4.69) is 5.43 Å². The molecule has 0 unspecified atom stereocenters. The molecule has 1 amide bonds. The third-order valence-electron chi connectivity index (χ3n) is 3.99. The van der Waals surface area contributed by atoms with Crippen LogP contribution in [0.1, 0.15) is 11.1 Å². The number of methoxy groups -OCH3 is 2. The second-order valence-corrected chi connectivity index (χ2v) is 6.04. The summed E-state index contributed by atoms with van der Waals surface area (Å²) in [7, 11) is 3.22. The van der Waals surface area contributed by atoms with Gasteiger partial charge in [-0.2, -0.15) is 0 Å². The Morgan fingerprint density at radius 2 is 1.72 bits per heavy atom. The average Bonchev–Trinajstić information content (AvgIpc) is 2.62. The van der Waals surface area contributed by atoms with Crippen molar-refractivity contribution in [2.24, 2.45) is 0 Å². The van der Waals surface area contributed by atoms with Gasteiger partial charge in [-0.25, -0.2) is 9.80 Å². The van der Waals surface area contributed by atoms with Crippen LogP contribution in [-0.4, -0.2) is 31.9 Å². The summed E-state index contributed by atoms with van der Waals surface area (Å²) < 4.78 is 15.9. The van der Waals surface area contributed by atoms with Crippen LogP contribution >= 0.6 is 11.6 Å². The van der Waals surface area contributed by atoms with E-state index in [0.717, 1.165) is 12.0 Å². The molecule has 0 radical (unpaired) electrons. The number of fused-ring (bicyclic) bond motifs is 1. The third kappa shape index (κ3) is 4.15. The molecule has 0 spiro atoms. The van der Waals surface area contributed by atoms with Gasteiger partial charge in [0, 0.05) is 18.1 Å². The Balaban J connectivity index is 1.64. The molecule has 0 saturated carbocycles. The lowest BCUT2D eigenvalue weighted by atomic mass is 10.00. The molecule has 1 aliphatic rings. The molecule has 7 heteroatoms. The van der Waals surface area contributed by atoms with E-state index in [4.69, 9.17) is 25.8 Å². The van der Waals surface area contributed by atoms with Crippen LogP contribution < -0.4 is 19.6 Å². The number of hydrogen-bond donors (Lipinski definition) is 1. The van der Waals surface area contributed by atoms with Crippen molar-refractivity contribution >= 4 is 17.7 Å². The number of ether oxygens (including phenoxy) is 3. The van der Waals surface area contributed by atoms with Crippen LogP contribution in [0.15, 0.2) is 36.4 Å². The van der Waals surface area contributed by atoms with Crippen LogP contribution in [0.2, 0.25) is 5.02 Å². The van der Waals surface area contributed by atoms with E-state index in [1.54, 1.807) is 38.5 Å². The number of benzene rings is 2. The Kier molecular flexibility index (Phi) is 5.31. The van der Waals surface area contributed by atoms with E-state index in [1.807, 2.05) is 17.1 Å². The Labute approximate surface area is 151 Å². The fraction of sp³-hybridized carbons (Fsp3) is 0.278. The quantitative estimate of drug-likeness (QED) is 0.903. The van der Waals surface area contributed by atoms with Gasteiger partial charge in [-0.05, 0) is 53.9 Å². The molecule has 3 rings (SSSR count). The van der Waals surface area contributed by atoms with Gasteiger partial charge in [-0.15, -0.1) is 0 Å². The Hall–Kier alpha value is -2.44. The molecule has 25 heavy (non-hydrogen) atoms. The highest BCUT2D eigenvalue weighted by atomic mass is 35.5. The van der Waals surface area contributed by atoms with E-state index in [0.29, 0.717) is 35.4 Å². The fourth-order valence-corrected chi connectivity index (χ4v) is 2.87. The smallest absolute Gasteiger partial charge is 0.427 e. The zero-order valence-electron chi connectivity index (χ0n) is 14.0. The van der Waals surface area contributed by atoms with Crippen molar-refractivity contribution in [1.82, 2.24) is 10.4 Å². The van der Waals surface area contributed by atoms with Crippen molar-refractivity contribution in [3.8, 4) is 17.2 Å². The van der Waals surface area contributed by atoms with Crippen LogP contribution in [-0.2, 0) is 13.0 Å². The number of nitrogens with one attached hydrogen (secondary N) is 1. The highest BCUT2D eigenvalue weighted by molar-refractivity contribution is 6.30. The predicted molar refractivity (Wildman–Crippen MR) is 94.3 cm³/mol. The summed E-state index contributed by atoms with van der Waals surface area (Å²) in [4.78, 5) is 12.0. The van der Waals surface area contributed by atoms with Gasteiger partial charge < -0.3 is 14.2 Å². The molecule has 6 nitrogen and oxygen atoms in total. The molecular formula is C18H19ClN2O4. The van der Waals surface area contributed by atoms with E-state index in [-0.39, 0.29) is 0 Å². The van der Waals surface area contributed by atoms with Crippen LogP contribution in [0, 0.1) is 0 Å². The highest BCUT2D eigenvalue weighted by Gasteiger charge is 2.21. The lowest BCUT2D eigenvalue weighted by Crippen LogP contribution is -2.46. The van der Waals surface area contributed by atoms with E-state index < -0.39 is 6.09 Å². The van der Waals surface area contributed by atoms with Crippen molar-refractivity contribution in [3.63, 3.8) is 0 Å². The van der Waals surface area contributed by atoms with Gasteiger partial charge in [0.1, 0.15) is 5.75 Å². The molecule has 0 bridgehead atoms. The maximum Gasteiger partial charge on any atom is 0.427 e. The van der Waals surface area contributed by atoms with Crippen LogP contribution in [0.25, 0.3) is 0 Å². The number of carbonyl (C=O) groups excluding carboxylic acids is 1. The van der Waals surface area contributed by atoms with Crippen molar-refractivity contribution < 1.29 is 19.0 Å². The van der Waals surface area contributed by atoms with Crippen molar-refractivity contribution in [3.05, 3.63) is 52.5 Å². The molecule has 0 fully saturated rings. The molecule has 0 atom stereocenters. The Bertz CT molecular complexity index is 764. The van der Waals surface area contributed by atoms with Crippen LogP contribution in [0.5, 0.6) is 17.2 Å². The number of rotatable bonds is 4. The standard InChI is InChI=1S/C18H19ClN2O4/c1-23-16-9-12-7-8-21(11-13(12)10-17(16)24-2)20-18(22)25-15-5-3-14(19)4-6-15/h3-6,9-10H,7-8,11H2,1-2H3,(H,20,22). The number of halogens is 1. The van der Waals surface area contributed by atoms with Gasteiger partial charge >= 0.3 is 6.09 Å². The Morgan fingerprint density at radius 1 is 1.08 bits per heavy atom. The predicted octanol–water partition coefficient (Wildman–Crippen LogP) is 3.42. The molecular weight excluding hydrogens is 344 g/mol. The zero-order valence-corrected chi connectivity index (χ0v) is 14.8. The van der Waals surface area contributed by atoms with E-state index in [9.17, 15) is 4.79 Å². The number of hydrazine groups is 1. The summed E-state index contributed by atoms with van der Waals surface area (Å²) >= 11 is 5.81. The third-order valence-corrected chi connectivity index (χ3v) is 4.24. The lowest BCUT2D eigenvalue weighted by Gasteiger charge is -2.29. The largest absolute Gasteiger partial charge is 0.493 e. The van der Waals surface area contributed by atoms with Crippen molar-refractivity contribution in [1.29, 1.82) is 0 Å². The monoisotopic (exact) mass is 362 g/mol. The van der Waals surface area contributed by atoms with Crippen LogP contribution in [0.4, 0.5) is 4.79 Å². The van der Waals surface area contributed by atoms with Gasteiger partial charge in [0.25, 0.3) is 0 Å². The number of nitrogens with zero attached hydrogens (tertiary/aromatic N) is 1. The topological polar surface area (TPSA) is 60.0 Å². The van der Waals surface area contributed by atoms with Gasteiger partial charge in [-0.1, -0.05) is 11.6 Å². The van der Waals surface area contributed by atoms with E-state index >= 15 is 0 Å². The Morgan fingerprint density at radius 3 is 2.36 bits per heavy atom. The van der Waals surface area contributed by atoms with Gasteiger partial charge in [0.2, 0.25) is 0 Å². The second-order valence-electron chi connectivity index (χ2n) is 5.60. The van der Waals surface area contributed by atoms with Crippen LogP contribution in [0.3, 0.4) is 0 Å². The molecule has 132 valence electrons. The number of amides is 1. The zero-order chi connectivity index (χ0) is 17.8. The molecule has 1 heterocycles. The summed E-state index contributed by atoms with van der Waals surface area (Å²) in [5, 5.41) is 2.40. The first-order chi connectivity index (χ1) is 12.1. The van der Waals surface area contributed by atoms with E-state index in [1.165, 1.54) is 5.56 Å². The lowest BCUT2D eigenvalue weighted by molar-refractivity contribution is 0.135. The maximum atomic E-state index is 12.0. The molecule has 1 N–H and O–H groups in total. The van der Waals surface area contributed by atoms with Crippen molar-refractivity contribution in [2.75, 3.05) is 20.8 Å². The van der Waals surface area contributed by atoms with Crippen molar-refractivity contribution in [2.45, 2.75) is 13.0 Å². The summed E-state index contributed by atoms with van der Waals surface area (Å²) in [6.07, 6.45) is 0.253. The minimum atomic E-state index is -0.536. The number of carbonyl (C=O) groups is 1. The van der Waals surface area contributed by atoms with Gasteiger partial charge in [0.15, 0.2) is 11.5 Å². The molecule has 2 aromatic rings. The molecule has 0 aromatic heterocycles. The normalized spacial score (nSPS) is 13.7.